The Morgan fingerprint density at radius 1 is 1.07 bits per heavy atom. The number of amides is 1. The van der Waals surface area contributed by atoms with Crippen molar-refractivity contribution in [3.8, 4) is 11.5 Å². The number of likely N-dealkylation sites (tertiary alicyclic amines) is 1. The van der Waals surface area contributed by atoms with Crippen LogP contribution in [0, 0.1) is 17.5 Å². The van der Waals surface area contributed by atoms with E-state index in [4.69, 9.17) is 9.47 Å². The van der Waals surface area contributed by atoms with Gasteiger partial charge in [-0.25, -0.2) is 13.2 Å². The SMILES string of the molecule is O=C(CN1CCC[C@H]1c1ccc2c(c1)OCCO2)Nc1ccc(F)c(F)c1F. The van der Waals surface area contributed by atoms with Crippen LogP contribution in [0.2, 0.25) is 0 Å². The number of ether oxygens (including phenoxy) is 2. The topological polar surface area (TPSA) is 50.8 Å². The molecule has 2 aliphatic rings. The van der Waals surface area contributed by atoms with Gasteiger partial charge in [-0.15, -0.1) is 0 Å². The van der Waals surface area contributed by atoms with Crippen molar-refractivity contribution in [2.24, 2.45) is 0 Å². The number of nitrogens with one attached hydrogen (secondary N) is 1. The molecule has 4 rings (SSSR count). The maximum atomic E-state index is 13.8. The fourth-order valence-electron chi connectivity index (χ4n) is 3.66. The zero-order valence-corrected chi connectivity index (χ0v) is 15.0. The van der Waals surface area contributed by atoms with Crippen LogP contribution in [0.1, 0.15) is 24.4 Å². The van der Waals surface area contributed by atoms with Crippen molar-refractivity contribution < 1.29 is 27.4 Å². The third-order valence-corrected chi connectivity index (χ3v) is 4.97. The van der Waals surface area contributed by atoms with Crippen LogP contribution in [0.3, 0.4) is 0 Å². The first-order chi connectivity index (χ1) is 13.5. The fraction of sp³-hybridized carbons (Fsp3) is 0.350. The van der Waals surface area contributed by atoms with Crippen molar-refractivity contribution in [2.75, 3.05) is 31.6 Å². The molecule has 0 radical (unpaired) electrons. The first kappa shape index (κ1) is 18.6. The van der Waals surface area contributed by atoms with E-state index >= 15 is 0 Å². The Morgan fingerprint density at radius 3 is 2.68 bits per heavy atom. The van der Waals surface area contributed by atoms with Crippen molar-refractivity contribution in [3.63, 3.8) is 0 Å². The summed E-state index contributed by atoms with van der Waals surface area (Å²) in [5.74, 6) is -3.41. The Bertz CT molecular complexity index is 907. The molecule has 0 spiro atoms. The Balaban J connectivity index is 1.45. The summed E-state index contributed by atoms with van der Waals surface area (Å²) in [6.07, 6.45) is 1.78. The van der Waals surface area contributed by atoms with Gasteiger partial charge in [0.25, 0.3) is 0 Å². The van der Waals surface area contributed by atoms with Gasteiger partial charge in [0.1, 0.15) is 13.2 Å². The van der Waals surface area contributed by atoms with E-state index in [0.29, 0.717) is 31.3 Å². The second kappa shape index (κ2) is 7.71. The highest BCUT2D eigenvalue weighted by Gasteiger charge is 2.29. The minimum atomic E-state index is -1.60. The molecule has 0 saturated carbocycles. The quantitative estimate of drug-likeness (QED) is 0.807. The standard InChI is InChI=1S/C20H19F3N2O3/c21-13-4-5-14(20(23)19(13)22)24-18(26)11-25-7-1-2-15(25)12-3-6-16-17(10-12)28-9-8-27-16/h3-6,10,15H,1-2,7-9,11H2,(H,24,26)/t15-/m0/s1. The Hall–Kier alpha value is -2.74. The summed E-state index contributed by atoms with van der Waals surface area (Å²) in [6.45, 7) is 1.72. The number of hydrogen-bond donors (Lipinski definition) is 1. The highest BCUT2D eigenvalue weighted by Crippen LogP contribution is 2.38. The van der Waals surface area contributed by atoms with Crippen LogP contribution >= 0.6 is 0 Å². The predicted molar refractivity (Wildman–Crippen MR) is 95.9 cm³/mol. The number of rotatable bonds is 4. The van der Waals surface area contributed by atoms with Crippen LogP contribution in [0.5, 0.6) is 11.5 Å². The average molecular weight is 392 g/mol. The number of halogens is 3. The zero-order valence-electron chi connectivity index (χ0n) is 15.0. The summed E-state index contributed by atoms with van der Waals surface area (Å²) < 4.78 is 51.3. The molecular weight excluding hydrogens is 373 g/mol. The number of benzene rings is 2. The van der Waals surface area contributed by atoms with Crippen LogP contribution in [-0.4, -0.2) is 37.1 Å². The lowest BCUT2D eigenvalue weighted by molar-refractivity contribution is -0.117. The molecule has 2 heterocycles. The molecule has 28 heavy (non-hydrogen) atoms. The van der Waals surface area contributed by atoms with Gasteiger partial charge in [0.2, 0.25) is 5.91 Å². The van der Waals surface area contributed by atoms with E-state index < -0.39 is 23.4 Å². The smallest absolute Gasteiger partial charge is 0.238 e. The van der Waals surface area contributed by atoms with E-state index in [-0.39, 0.29) is 18.3 Å². The zero-order chi connectivity index (χ0) is 19.7. The lowest BCUT2D eigenvalue weighted by Crippen LogP contribution is -2.33. The lowest BCUT2D eigenvalue weighted by atomic mass is 10.0. The summed E-state index contributed by atoms with van der Waals surface area (Å²) >= 11 is 0. The van der Waals surface area contributed by atoms with Gasteiger partial charge in [0.05, 0.1) is 12.2 Å². The largest absolute Gasteiger partial charge is 0.486 e. The van der Waals surface area contributed by atoms with Crippen molar-refractivity contribution in [3.05, 3.63) is 53.3 Å². The highest BCUT2D eigenvalue weighted by atomic mass is 19.2. The van der Waals surface area contributed by atoms with E-state index in [1.165, 1.54) is 0 Å². The van der Waals surface area contributed by atoms with Crippen LogP contribution in [-0.2, 0) is 4.79 Å². The number of carbonyl (C=O) groups is 1. The number of anilines is 1. The molecule has 8 heteroatoms. The van der Waals surface area contributed by atoms with Crippen LogP contribution in [0.25, 0.3) is 0 Å². The molecular formula is C20H19F3N2O3. The molecule has 2 aliphatic heterocycles. The van der Waals surface area contributed by atoms with Crippen LogP contribution < -0.4 is 14.8 Å². The molecule has 2 aromatic carbocycles. The minimum absolute atomic E-state index is 0.0105. The maximum absolute atomic E-state index is 13.8. The van der Waals surface area contributed by atoms with E-state index in [2.05, 4.69) is 5.32 Å². The Labute approximate surface area is 160 Å². The van der Waals surface area contributed by atoms with E-state index in [1.807, 2.05) is 23.1 Å². The van der Waals surface area contributed by atoms with Gasteiger partial charge in [-0.1, -0.05) is 6.07 Å². The predicted octanol–water partition coefficient (Wildman–Crippen LogP) is 3.65. The summed E-state index contributed by atoms with van der Waals surface area (Å²) in [7, 11) is 0. The molecule has 1 atom stereocenters. The van der Waals surface area contributed by atoms with E-state index in [0.717, 1.165) is 30.5 Å². The van der Waals surface area contributed by atoms with Gasteiger partial charge in [-0.3, -0.25) is 9.69 Å². The summed E-state index contributed by atoms with van der Waals surface area (Å²) in [5, 5.41) is 2.32. The van der Waals surface area contributed by atoms with E-state index in [9.17, 15) is 18.0 Å². The van der Waals surface area contributed by atoms with Gasteiger partial charge in [-0.2, -0.15) is 0 Å². The molecule has 1 saturated heterocycles. The highest BCUT2D eigenvalue weighted by molar-refractivity contribution is 5.92. The molecule has 2 aromatic rings. The second-order valence-electron chi connectivity index (χ2n) is 6.80. The van der Waals surface area contributed by atoms with Crippen molar-refractivity contribution in [1.82, 2.24) is 4.90 Å². The lowest BCUT2D eigenvalue weighted by Gasteiger charge is -2.26. The normalized spacial score (nSPS) is 18.9. The molecule has 5 nitrogen and oxygen atoms in total. The third-order valence-electron chi connectivity index (χ3n) is 4.97. The van der Waals surface area contributed by atoms with Gasteiger partial charge < -0.3 is 14.8 Å². The number of fused-ring (bicyclic) bond motifs is 1. The first-order valence-electron chi connectivity index (χ1n) is 9.10. The second-order valence-corrected chi connectivity index (χ2v) is 6.80. The average Bonchev–Trinajstić information content (AvgIpc) is 3.16. The Morgan fingerprint density at radius 2 is 1.86 bits per heavy atom. The van der Waals surface area contributed by atoms with Crippen molar-refractivity contribution in [2.45, 2.75) is 18.9 Å². The maximum Gasteiger partial charge on any atom is 0.238 e. The molecule has 1 amide bonds. The third kappa shape index (κ3) is 3.64. The number of nitrogens with zero attached hydrogens (tertiary/aromatic N) is 1. The monoisotopic (exact) mass is 392 g/mol. The van der Waals surface area contributed by atoms with Crippen molar-refractivity contribution in [1.29, 1.82) is 0 Å². The molecule has 1 N–H and O–H groups in total. The van der Waals surface area contributed by atoms with Gasteiger partial charge >= 0.3 is 0 Å². The molecule has 0 aliphatic carbocycles. The van der Waals surface area contributed by atoms with Gasteiger partial charge in [0.15, 0.2) is 29.0 Å². The van der Waals surface area contributed by atoms with Gasteiger partial charge in [-0.05, 0) is 49.2 Å². The summed E-state index contributed by atoms with van der Waals surface area (Å²) in [4.78, 5) is 14.3. The molecule has 0 unspecified atom stereocenters. The van der Waals surface area contributed by atoms with Gasteiger partial charge in [0, 0.05) is 6.04 Å². The fourth-order valence-corrected chi connectivity index (χ4v) is 3.66. The summed E-state index contributed by atoms with van der Waals surface area (Å²) in [5.41, 5.74) is 0.632. The molecule has 148 valence electrons. The molecule has 0 aromatic heterocycles. The van der Waals surface area contributed by atoms with Crippen molar-refractivity contribution >= 4 is 11.6 Å². The van der Waals surface area contributed by atoms with E-state index in [1.54, 1.807) is 0 Å². The number of hydrogen-bond acceptors (Lipinski definition) is 4. The first-order valence-corrected chi connectivity index (χ1v) is 9.10. The van der Waals surface area contributed by atoms with Crippen LogP contribution in [0.15, 0.2) is 30.3 Å². The number of carbonyl (C=O) groups excluding carboxylic acids is 1. The molecule has 0 bridgehead atoms. The minimum Gasteiger partial charge on any atom is -0.486 e. The Kier molecular flexibility index (Phi) is 5.13. The van der Waals surface area contributed by atoms with Crippen LogP contribution in [0.4, 0.5) is 18.9 Å². The molecule has 1 fully saturated rings. The summed E-state index contributed by atoms with van der Waals surface area (Å²) in [6, 6.07) is 7.53.